The highest BCUT2D eigenvalue weighted by Crippen LogP contribution is 2.12. The molecule has 0 saturated carbocycles. The molecule has 1 unspecified atom stereocenters. The second-order valence-corrected chi connectivity index (χ2v) is 4.39. The number of carbonyl (C=O) groups is 1. The van der Waals surface area contributed by atoms with Gasteiger partial charge in [-0.15, -0.1) is 0 Å². The van der Waals surface area contributed by atoms with Crippen molar-refractivity contribution in [3.63, 3.8) is 0 Å². The minimum atomic E-state index is -1.04. The highest BCUT2D eigenvalue weighted by Gasteiger charge is 2.13. The minimum Gasteiger partial charge on any atom is -0.480 e. The van der Waals surface area contributed by atoms with Crippen molar-refractivity contribution in [1.29, 1.82) is 0 Å². The van der Waals surface area contributed by atoms with Crippen molar-refractivity contribution in [2.24, 2.45) is 5.73 Å². The van der Waals surface area contributed by atoms with Crippen molar-refractivity contribution in [3.05, 3.63) is 52.2 Å². The van der Waals surface area contributed by atoms with Gasteiger partial charge in [-0.25, -0.2) is 4.79 Å². The van der Waals surface area contributed by atoms with Gasteiger partial charge < -0.3 is 15.8 Å². The molecule has 6 heteroatoms. The van der Waals surface area contributed by atoms with Crippen LogP contribution in [-0.4, -0.2) is 26.7 Å². The van der Waals surface area contributed by atoms with E-state index in [1.165, 1.54) is 4.57 Å². The van der Waals surface area contributed by atoms with Crippen LogP contribution in [0.1, 0.15) is 11.3 Å². The van der Waals surface area contributed by atoms with Crippen LogP contribution in [0.15, 0.2) is 35.3 Å². The molecule has 2 aromatic rings. The summed E-state index contributed by atoms with van der Waals surface area (Å²) in [6.07, 6.45) is 1.85. The molecule has 4 N–H and O–H groups in total. The number of nitrogens with two attached hydrogens (primary N) is 1. The van der Waals surface area contributed by atoms with Gasteiger partial charge in [0.2, 0.25) is 0 Å². The van der Waals surface area contributed by atoms with Crippen LogP contribution in [0, 0.1) is 6.92 Å². The van der Waals surface area contributed by atoms with E-state index in [1.807, 2.05) is 6.92 Å². The van der Waals surface area contributed by atoms with Crippen LogP contribution in [0.5, 0.6) is 0 Å². The van der Waals surface area contributed by atoms with E-state index in [0.717, 1.165) is 11.3 Å². The molecule has 0 aliphatic carbocycles. The summed E-state index contributed by atoms with van der Waals surface area (Å²) in [6, 6.07) is 6.18. The van der Waals surface area contributed by atoms with Gasteiger partial charge in [0.05, 0.1) is 5.69 Å². The van der Waals surface area contributed by atoms with Crippen LogP contribution in [0.4, 0.5) is 0 Å². The molecule has 0 spiro atoms. The van der Waals surface area contributed by atoms with Crippen molar-refractivity contribution >= 4 is 5.97 Å². The van der Waals surface area contributed by atoms with E-state index < -0.39 is 12.0 Å². The Hall–Kier alpha value is -2.34. The fourth-order valence-electron chi connectivity index (χ4n) is 1.94. The molecule has 0 saturated heterocycles. The first kappa shape index (κ1) is 13.1. The number of aromatic amines is 1. The van der Waals surface area contributed by atoms with Gasteiger partial charge in [-0.2, -0.15) is 0 Å². The third-order valence-electron chi connectivity index (χ3n) is 2.90. The highest BCUT2D eigenvalue weighted by molar-refractivity contribution is 5.73. The molecule has 0 amide bonds. The van der Waals surface area contributed by atoms with E-state index >= 15 is 0 Å². The quantitative estimate of drug-likeness (QED) is 0.742. The number of benzene rings is 1. The van der Waals surface area contributed by atoms with Gasteiger partial charge in [-0.3, -0.25) is 9.36 Å². The van der Waals surface area contributed by atoms with Crippen molar-refractivity contribution in [1.82, 2.24) is 9.55 Å². The maximum atomic E-state index is 11.7. The Kier molecular flexibility index (Phi) is 3.52. The molecule has 2 rings (SSSR count). The lowest BCUT2D eigenvalue weighted by Crippen LogP contribution is -2.32. The van der Waals surface area contributed by atoms with Crippen LogP contribution in [0.3, 0.4) is 0 Å². The Labute approximate surface area is 109 Å². The number of hydrogen-bond donors (Lipinski definition) is 3. The van der Waals surface area contributed by atoms with Gasteiger partial charge >= 0.3 is 11.7 Å². The van der Waals surface area contributed by atoms with E-state index in [9.17, 15) is 9.59 Å². The summed E-state index contributed by atoms with van der Waals surface area (Å²) in [4.78, 5) is 25.0. The largest absolute Gasteiger partial charge is 0.480 e. The smallest absolute Gasteiger partial charge is 0.330 e. The first-order chi connectivity index (χ1) is 8.99. The Bertz CT molecular complexity index is 657. The van der Waals surface area contributed by atoms with E-state index in [0.29, 0.717) is 5.69 Å². The summed E-state index contributed by atoms with van der Waals surface area (Å²) in [5.74, 6) is -1.04. The number of aliphatic carboxylic acids is 1. The summed E-state index contributed by atoms with van der Waals surface area (Å²) in [7, 11) is 0. The van der Waals surface area contributed by atoms with Gasteiger partial charge in [0.15, 0.2) is 0 Å². The molecular weight excluding hydrogens is 246 g/mol. The van der Waals surface area contributed by atoms with Crippen molar-refractivity contribution in [2.75, 3.05) is 0 Å². The first-order valence-electron chi connectivity index (χ1n) is 5.84. The normalized spacial score (nSPS) is 12.3. The first-order valence-corrected chi connectivity index (χ1v) is 5.84. The Morgan fingerprint density at radius 3 is 2.84 bits per heavy atom. The number of nitrogens with zero attached hydrogens (tertiary/aromatic N) is 1. The monoisotopic (exact) mass is 261 g/mol. The SMILES string of the molecule is Cc1c[nH]c(=O)n1-c1cccc(CC(N)C(=O)O)c1. The topological polar surface area (TPSA) is 101 Å². The van der Waals surface area contributed by atoms with Gasteiger partial charge in [0, 0.05) is 11.9 Å². The summed E-state index contributed by atoms with van der Waals surface area (Å²) in [5.41, 5.74) is 7.53. The number of aryl methyl sites for hydroxylation is 1. The fraction of sp³-hybridized carbons (Fsp3) is 0.231. The van der Waals surface area contributed by atoms with Gasteiger partial charge in [0.25, 0.3) is 0 Å². The fourth-order valence-corrected chi connectivity index (χ4v) is 1.94. The molecule has 19 heavy (non-hydrogen) atoms. The molecule has 1 aromatic heterocycles. The molecule has 1 atom stereocenters. The molecule has 0 aliphatic heterocycles. The van der Waals surface area contributed by atoms with Crippen molar-refractivity contribution < 1.29 is 9.90 Å². The molecule has 1 aromatic carbocycles. The second kappa shape index (κ2) is 5.11. The Morgan fingerprint density at radius 2 is 2.26 bits per heavy atom. The minimum absolute atomic E-state index is 0.224. The zero-order valence-corrected chi connectivity index (χ0v) is 10.5. The number of hydrogen-bond acceptors (Lipinski definition) is 3. The summed E-state index contributed by atoms with van der Waals surface area (Å²) >= 11 is 0. The van der Waals surface area contributed by atoms with E-state index in [-0.39, 0.29) is 12.1 Å². The van der Waals surface area contributed by atoms with Crippen molar-refractivity contribution in [2.45, 2.75) is 19.4 Å². The molecule has 0 fully saturated rings. The number of H-pyrrole nitrogens is 1. The zero-order chi connectivity index (χ0) is 14.0. The predicted octanol–water partition coefficient (Wildman–Crippen LogP) is 0.428. The second-order valence-electron chi connectivity index (χ2n) is 4.39. The molecule has 1 heterocycles. The number of nitrogens with one attached hydrogen (secondary N) is 1. The molecule has 0 aliphatic rings. The summed E-state index contributed by atoms with van der Waals surface area (Å²) in [5, 5.41) is 8.80. The van der Waals surface area contributed by atoms with Crippen LogP contribution in [-0.2, 0) is 11.2 Å². The number of rotatable bonds is 4. The van der Waals surface area contributed by atoms with Crippen LogP contribution < -0.4 is 11.4 Å². The third kappa shape index (κ3) is 2.74. The molecular formula is C13H15N3O3. The summed E-state index contributed by atoms with van der Waals surface area (Å²) < 4.78 is 1.52. The molecule has 0 radical (unpaired) electrons. The van der Waals surface area contributed by atoms with E-state index in [4.69, 9.17) is 10.8 Å². The van der Waals surface area contributed by atoms with Gasteiger partial charge in [-0.05, 0) is 31.0 Å². The van der Waals surface area contributed by atoms with E-state index in [2.05, 4.69) is 4.98 Å². The maximum absolute atomic E-state index is 11.7. The predicted molar refractivity (Wildman–Crippen MR) is 70.4 cm³/mol. The van der Waals surface area contributed by atoms with Gasteiger partial charge in [0.1, 0.15) is 6.04 Å². The maximum Gasteiger partial charge on any atom is 0.330 e. The summed E-state index contributed by atoms with van der Waals surface area (Å²) in [6.45, 7) is 1.81. The average Bonchev–Trinajstić information content (AvgIpc) is 2.69. The zero-order valence-electron chi connectivity index (χ0n) is 10.5. The van der Waals surface area contributed by atoms with Crippen LogP contribution in [0.2, 0.25) is 0 Å². The lowest BCUT2D eigenvalue weighted by atomic mass is 10.1. The Morgan fingerprint density at radius 1 is 1.53 bits per heavy atom. The highest BCUT2D eigenvalue weighted by atomic mass is 16.4. The number of imidazole rings is 1. The molecule has 6 nitrogen and oxygen atoms in total. The Balaban J connectivity index is 2.35. The third-order valence-corrected chi connectivity index (χ3v) is 2.90. The lowest BCUT2D eigenvalue weighted by molar-refractivity contribution is -0.138. The van der Waals surface area contributed by atoms with Crippen LogP contribution >= 0.6 is 0 Å². The van der Waals surface area contributed by atoms with Crippen molar-refractivity contribution in [3.8, 4) is 5.69 Å². The van der Waals surface area contributed by atoms with Gasteiger partial charge in [-0.1, -0.05) is 12.1 Å². The number of carboxylic acid groups (broad SMARTS) is 1. The number of carboxylic acids is 1. The standard InChI is InChI=1S/C13H15N3O3/c1-8-7-15-13(19)16(8)10-4-2-3-9(5-10)6-11(14)12(17)18/h2-5,7,11H,6,14H2,1H3,(H,15,19)(H,17,18). The molecule has 0 bridgehead atoms. The lowest BCUT2D eigenvalue weighted by Gasteiger charge is -2.09. The van der Waals surface area contributed by atoms with Crippen LogP contribution in [0.25, 0.3) is 5.69 Å². The molecule has 100 valence electrons. The van der Waals surface area contributed by atoms with E-state index in [1.54, 1.807) is 30.5 Å². The number of aromatic nitrogens is 2. The average molecular weight is 261 g/mol.